The summed E-state index contributed by atoms with van der Waals surface area (Å²) in [6.07, 6.45) is 2.69. The molecule has 1 aliphatic heterocycles. The van der Waals surface area contributed by atoms with Gasteiger partial charge in [-0.25, -0.2) is 0 Å². The lowest BCUT2D eigenvalue weighted by Gasteiger charge is -2.12. The minimum Gasteiger partial charge on any atom is -0.504 e. The van der Waals surface area contributed by atoms with Crippen LogP contribution < -0.4 is 14.8 Å². The number of likely N-dealkylation sites (N-methyl/N-ethyl adjacent to an activating group) is 1. The first-order valence-electron chi connectivity index (χ1n) is 8.39. The highest BCUT2D eigenvalue weighted by atomic mass is 16.5. The van der Waals surface area contributed by atoms with E-state index in [0.29, 0.717) is 42.2 Å². The molecule has 3 aromatic rings. The summed E-state index contributed by atoms with van der Waals surface area (Å²) in [6.45, 7) is 0.532. The molecule has 2 aromatic carbocycles. The first-order chi connectivity index (χ1) is 12.7. The lowest BCUT2D eigenvalue weighted by Crippen LogP contribution is -2.19. The minimum absolute atomic E-state index is 0.0332. The topological polar surface area (TPSA) is 80.7 Å². The van der Waals surface area contributed by atoms with Crippen LogP contribution in [0, 0.1) is 0 Å². The highest BCUT2D eigenvalue weighted by Gasteiger charge is 2.23. The molecule has 0 saturated heterocycles. The maximum Gasteiger partial charge on any atom is 0.224 e. The van der Waals surface area contributed by atoms with E-state index in [0.717, 1.165) is 16.5 Å². The summed E-state index contributed by atoms with van der Waals surface area (Å²) in [5, 5.41) is 13.6. The molecular weight excluding hydrogens is 332 g/mol. The van der Waals surface area contributed by atoms with Gasteiger partial charge in [-0.05, 0) is 23.8 Å². The Morgan fingerprint density at radius 1 is 1.31 bits per heavy atom. The van der Waals surface area contributed by atoms with Crippen molar-refractivity contribution >= 4 is 16.8 Å². The van der Waals surface area contributed by atoms with Crippen LogP contribution >= 0.6 is 0 Å². The van der Waals surface area contributed by atoms with E-state index < -0.39 is 0 Å². The van der Waals surface area contributed by atoms with Gasteiger partial charge in [-0.3, -0.25) is 9.78 Å². The average molecular weight is 350 g/mol. The van der Waals surface area contributed by atoms with E-state index in [4.69, 9.17) is 9.47 Å². The molecule has 4 rings (SSSR count). The molecule has 6 heteroatoms. The van der Waals surface area contributed by atoms with Crippen LogP contribution in [0.1, 0.15) is 11.1 Å². The van der Waals surface area contributed by atoms with Crippen molar-refractivity contribution in [3.05, 3.63) is 53.7 Å². The van der Waals surface area contributed by atoms with Crippen LogP contribution in [0.15, 0.2) is 42.6 Å². The molecule has 0 unspecified atom stereocenters. The van der Waals surface area contributed by atoms with Crippen molar-refractivity contribution in [2.24, 2.45) is 0 Å². The number of carbonyl (C=O) groups is 1. The van der Waals surface area contributed by atoms with Crippen LogP contribution in [0.2, 0.25) is 0 Å². The summed E-state index contributed by atoms with van der Waals surface area (Å²) in [6, 6.07) is 10.8. The van der Waals surface area contributed by atoms with E-state index >= 15 is 0 Å². The zero-order chi connectivity index (χ0) is 18.1. The summed E-state index contributed by atoms with van der Waals surface area (Å²) in [5.41, 5.74) is 2.50. The first-order valence-corrected chi connectivity index (χ1v) is 8.39. The quantitative estimate of drug-likeness (QED) is 0.756. The molecule has 0 atom stereocenters. The van der Waals surface area contributed by atoms with Gasteiger partial charge in [0.2, 0.25) is 5.91 Å². The van der Waals surface area contributed by atoms with Gasteiger partial charge in [0, 0.05) is 31.3 Å². The molecule has 0 saturated carbocycles. The molecule has 6 nitrogen and oxygen atoms in total. The predicted molar refractivity (Wildman–Crippen MR) is 96.9 cm³/mol. The Balaban J connectivity index is 1.68. The van der Waals surface area contributed by atoms with Gasteiger partial charge in [-0.15, -0.1) is 0 Å². The second-order valence-corrected chi connectivity index (χ2v) is 6.10. The molecule has 2 N–H and O–H groups in total. The fraction of sp³-hybridized carbons (Fsp3) is 0.200. The third kappa shape index (κ3) is 2.90. The van der Waals surface area contributed by atoms with Crippen LogP contribution in [-0.2, 0) is 17.6 Å². The van der Waals surface area contributed by atoms with E-state index in [1.807, 2.05) is 24.3 Å². The summed E-state index contributed by atoms with van der Waals surface area (Å²) in [5.74, 6) is 1.91. The van der Waals surface area contributed by atoms with Gasteiger partial charge in [0.25, 0.3) is 0 Å². The van der Waals surface area contributed by atoms with E-state index in [-0.39, 0.29) is 11.7 Å². The number of aromatic hydroxyl groups is 1. The monoisotopic (exact) mass is 350 g/mol. The van der Waals surface area contributed by atoms with Crippen LogP contribution in [-0.4, -0.2) is 29.7 Å². The SMILES string of the molecule is CNC(=O)Cc1ccc(Oc2ccnc3cc(O)c4c(c23)CCO4)cc1. The molecule has 1 aliphatic rings. The lowest BCUT2D eigenvalue weighted by atomic mass is 10.0. The molecule has 0 bridgehead atoms. The zero-order valence-corrected chi connectivity index (χ0v) is 14.3. The fourth-order valence-electron chi connectivity index (χ4n) is 3.15. The minimum atomic E-state index is -0.0332. The van der Waals surface area contributed by atoms with Crippen molar-refractivity contribution in [1.29, 1.82) is 0 Å². The summed E-state index contributed by atoms with van der Waals surface area (Å²) in [4.78, 5) is 15.8. The van der Waals surface area contributed by atoms with Gasteiger partial charge in [-0.1, -0.05) is 12.1 Å². The molecule has 1 amide bonds. The maximum atomic E-state index is 11.5. The molecule has 0 fully saturated rings. The largest absolute Gasteiger partial charge is 0.504 e. The number of amides is 1. The summed E-state index contributed by atoms with van der Waals surface area (Å²) < 4.78 is 11.6. The number of phenols is 1. The van der Waals surface area contributed by atoms with Gasteiger partial charge < -0.3 is 19.9 Å². The fourth-order valence-corrected chi connectivity index (χ4v) is 3.15. The predicted octanol–water partition coefficient (Wildman–Crippen LogP) is 2.96. The van der Waals surface area contributed by atoms with Gasteiger partial charge in [0.1, 0.15) is 11.5 Å². The lowest BCUT2D eigenvalue weighted by molar-refractivity contribution is -0.119. The number of fused-ring (bicyclic) bond motifs is 3. The molecule has 132 valence electrons. The highest BCUT2D eigenvalue weighted by molar-refractivity contribution is 5.92. The number of aromatic nitrogens is 1. The van der Waals surface area contributed by atoms with Gasteiger partial charge in [-0.2, -0.15) is 0 Å². The number of carbonyl (C=O) groups excluding carboxylic acids is 1. The van der Waals surface area contributed by atoms with E-state index in [1.54, 1.807) is 25.4 Å². The van der Waals surface area contributed by atoms with Crippen LogP contribution in [0.25, 0.3) is 10.9 Å². The van der Waals surface area contributed by atoms with Crippen molar-refractivity contribution in [2.45, 2.75) is 12.8 Å². The van der Waals surface area contributed by atoms with Gasteiger partial charge >= 0.3 is 0 Å². The first kappa shape index (κ1) is 16.2. The molecule has 1 aromatic heterocycles. The summed E-state index contributed by atoms with van der Waals surface area (Å²) in [7, 11) is 1.62. The highest BCUT2D eigenvalue weighted by Crippen LogP contribution is 2.43. The third-order valence-electron chi connectivity index (χ3n) is 4.42. The Kier molecular flexibility index (Phi) is 4.08. The number of hydrogen-bond donors (Lipinski definition) is 2. The van der Waals surface area contributed by atoms with Crippen LogP contribution in [0.5, 0.6) is 23.0 Å². The number of ether oxygens (including phenoxy) is 2. The van der Waals surface area contributed by atoms with Crippen molar-refractivity contribution in [1.82, 2.24) is 10.3 Å². The Bertz CT molecular complexity index is 983. The molecule has 0 spiro atoms. The Morgan fingerprint density at radius 2 is 2.12 bits per heavy atom. The van der Waals surface area contributed by atoms with Gasteiger partial charge in [0.15, 0.2) is 11.5 Å². The van der Waals surface area contributed by atoms with E-state index in [2.05, 4.69) is 10.3 Å². The molecule has 2 heterocycles. The third-order valence-corrected chi connectivity index (χ3v) is 4.42. The Labute approximate surface area is 150 Å². The number of phenolic OH excluding ortho intramolecular Hbond substituents is 1. The Hall–Kier alpha value is -3.28. The van der Waals surface area contributed by atoms with E-state index in [9.17, 15) is 9.90 Å². The second kappa shape index (κ2) is 6.55. The van der Waals surface area contributed by atoms with Crippen LogP contribution in [0.3, 0.4) is 0 Å². The van der Waals surface area contributed by atoms with Crippen molar-refractivity contribution < 1.29 is 19.4 Å². The number of rotatable bonds is 4. The Morgan fingerprint density at radius 3 is 2.88 bits per heavy atom. The number of pyridine rings is 1. The number of hydrogen-bond acceptors (Lipinski definition) is 5. The number of benzene rings is 2. The van der Waals surface area contributed by atoms with Gasteiger partial charge in [0.05, 0.1) is 23.9 Å². The van der Waals surface area contributed by atoms with Crippen molar-refractivity contribution in [2.75, 3.05) is 13.7 Å². The van der Waals surface area contributed by atoms with Crippen molar-refractivity contribution in [3.63, 3.8) is 0 Å². The standard InChI is InChI=1S/C20H18N2O4/c1-21-18(24)10-12-2-4-13(5-3-12)26-17-6-8-22-15-11-16(23)20-14(19(15)17)7-9-25-20/h2-6,8,11,23H,7,9-10H2,1H3,(H,21,24). The molecule has 0 aliphatic carbocycles. The number of nitrogens with zero attached hydrogens (tertiary/aromatic N) is 1. The zero-order valence-electron chi connectivity index (χ0n) is 14.3. The molecule has 26 heavy (non-hydrogen) atoms. The normalized spacial score (nSPS) is 12.5. The van der Waals surface area contributed by atoms with Crippen LogP contribution in [0.4, 0.5) is 0 Å². The average Bonchev–Trinajstić information content (AvgIpc) is 3.14. The molecular formula is C20H18N2O4. The van der Waals surface area contributed by atoms with Crippen molar-refractivity contribution in [3.8, 4) is 23.0 Å². The smallest absolute Gasteiger partial charge is 0.224 e. The number of nitrogens with one attached hydrogen (secondary N) is 1. The maximum absolute atomic E-state index is 11.5. The van der Waals surface area contributed by atoms with E-state index in [1.165, 1.54) is 0 Å². The second-order valence-electron chi connectivity index (χ2n) is 6.10. The molecule has 0 radical (unpaired) electrons. The summed E-state index contributed by atoms with van der Waals surface area (Å²) >= 11 is 0.